The molecule has 1 fully saturated rings. The Balaban J connectivity index is 2.35. The lowest BCUT2D eigenvalue weighted by Gasteiger charge is -2.28. The summed E-state index contributed by atoms with van der Waals surface area (Å²) in [5.74, 6) is 0. The average molecular weight is 199 g/mol. The van der Waals surface area contributed by atoms with E-state index < -0.39 is 0 Å². The Morgan fingerprint density at radius 3 is 3.08 bits per heavy atom. The lowest BCUT2D eigenvalue weighted by atomic mass is 9.85. The molecule has 2 atom stereocenters. The molecule has 1 aromatic rings. The fourth-order valence-electron chi connectivity index (χ4n) is 2.02. The zero-order valence-corrected chi connectivity index (χ0v) is 8.13. The Bertz CT molecular complexity index is 277. The molecular weight excluding hydrogens is 186 g/mol. The summed E-state index contributed by atoms with van der Waals surface area (Å²) in [7, 11) is 0. The Kier molecular flexibility index (Phi) is 2.31. The SMILES string of the molecule is NCC1(c2ncns2)CCCC1O. The third kappa shape index (κ3) is 1.27. The number of aliphatic hydroxyl groups excluding tert-OH is 1. The van der Waals surface area contributed by atoms with Crippen LogP contribution in [0, 0.1) is 0 Å². The summed E-state index contributed by atoms with van der Waals surface area (Å²) >= 11 is 1.35. The van der Waals surface area contributed by atoms with Crippen molar-refractivity contribution in [2.45, 2.75) is 30.8 Å². The molecule has 0 amide bonds. The normalized spacial score (nSPS) is 33.8. The van der Waals surface area contributed by atoms with Crippen LogP contribution in [0.1, 0.15) is 24.3 Å². The third-order valence-electron chi connectivity index (χ3n) is 2.89. The predicted molar refractivity (Wildman–Crippen MR) is 50.5 cm³/mol. The first-order chi connectivity index (χ1) is 6.29. The van der Waals surface area contributed by atoms with Crippen LogP contribution in [0.4, 0.5) is 0 Å². The van der Waals surface area contributed by atoms with Crippen LogP contribution in [0.2, 0.25) is 0 Å². The lowest BCUT2D eigenvalue weighted by molar-refractivity contribution is 0.110. The second-order valence-corrected chi connectivity index (χ2v) is 4.29. The molecule has 0 spiro atoms. The number of rotatable bonds is 2. The third-order valence-corrected chi connectivity index (χ3v) is 3.77. The summed E-state index contributed by atoms with van der Waals surface area (Å²) in [6.07, 6.45) is 3.97. The summed E-state index contributed by atoms with van der Waals surface area (Å²) in [6.45, 7) is 0.462. The summed E-state index contributed by atoms with van der Waals surface area (Å²) in [4.78, 5) is 4.16. The summed E-state index contributed by atoms with van der Waals surface area (Å²) in [6, 6.07) is 0. The molecule has 1 aliphatic carbocycles. The molecule has 0 aromatic carbocycles. The molecule has 13 heavy (non-hydrogen) atoms. The van der Waals surface area contributed by atoms with Crippen LogP contribution in [0.25, 0.3) is 0 Å². The Morgan fingerprint density at radius 1 is 1.77 bits per heavy atom. The highest BCUT2D eigenvalue weighted by Gasteiger charge is 2.44. The van der Waals surface area contributed by atoms with Crippen LogP contribution in [0.5, 0.6) is 0 Å². The topological polar surface area (TPSA) is 72.0 Å². The number of aliphatic hydroxyl groups is 1. The summed E-state index contributed by atoms with van der Waals surface area (Å²) in [5.41, 5.74) is 5.42. The van der Waals surface area contributed by atoms with E-state index in [2.05, 4.69) is 9.36 Å². The van der Waals surface area contributed by atoms with Crippen LogP contribution >= 0.6 is 11.5 Å². The molecule has 3 N–H and O–H groups in total. The smallest absolute Gasteiger partial charge is 0.129 e. The highest BCUT2D eigenvalue weighted by molar-refractivity contribution is 7.05. The van der Waals surface area contributed by atoms with Gasteiger partial charge in [-0.25, -0.2) is 4.98 Å². The van der Waals surface area contributed by atoms with Crippen molar-refractivity contribution in [3.05, 3.63) is 11.3 Å². The molecule has 4 nitrogen and oxygen atoms in total. The molecule has 0 saturated heterocycles. The van der Waals surface area contributed by atoms with E-state index in [1.54, 1.807) is 0 Å². The molecular formula is C8H13N3OS. The number of aromatic nitrogens is 2. The van der Waals surface area contributed by atoms with E-state index in [9.17, 15) is 5.11 Å². The zero-order chi connectivity index (χ0) is 9.31. The highest BCUT2D eigenvalue weighted by Crippen LogP contribution is 2.40. The monoisotopic (exact) mass is 199 g/mol. The quantitative estimate of drug-likeness (QED) is 0.717. The highest BCUT2D eigenvalue weighted by atomic mass is 32.1. The minimum Gasteiger partial charge on any atom is -0.392 e. The molecule has 2 unspecified atom stereocenters. The zero-order valence-electron chi connectivity index (χ0n) is 7.31. The maximum atomic E-state index is 9.87. The van der Waals surface area contributed by atoms with Gasteiger partial charge in [-0.2, -0.15) is 4.37 Å². The minimum atomic E-state index is -0.342. The molecule has 0 radical (unpaired) electrons. The van der Waals surface area contributed by atoms with E-state index in [1.807, 2.05) is 0 Å². The minimum absolute atomic E-state index is 0.304. The van der Waals surface area contributed by atoms with Crippen LogP contribution < -0.4 is 5.73 Å². The van der Waals surface area contributed by atoms with Gasteiger partial charge in [-0.1, -0.05) is 0 Å². The maximum Gasteiger partial charge on any atom is 0.129 e. The lowest BCUT2D eigenvalue weighted by Crippen LogP contribution is -2.41. The van der Waals surface area contributed by atoms with Crippen molar-refractivity contribution in [3.63, 3.8) is 0 Å². The molecule has 72 valence electrons. The van der Waals surface area contributed by atoms with Gasteiger partial charge in [0.1, 0.15) is 11.3 Å². The standard InChI is InChI=1S/C8H13N3OS/c9-4-8(3-1-2-6(8)12)7-10-5-11-13-7/h5-6,12H,1-4,9H2. The van der Waals surface area contributed by atoms with E-state index >= 15 is 0 Å². The van der Waals surface area contributed by atoms with Gasteiger partial charge in [-0.15, -0.1) is 0 Å². The molecule has 2 rings (SSSR count). The van der Waals surface area contributed by atoms with Gasteiger partial charge in [0.2, 0.25) is 0 Å². The largest absolute Gasteiger partial charge is 0.392 e. The van der Waals surface area contributed by atoms with Crippen LogP contribution in [-0.2, 0) is 5.41 Å². The Morgan fingerprint density at radius 2 is 2.62 bits per heavy atom. The number of hydrogen-bond donors (Lipinski definition) is 2. The molecule has 1 heterocycles. The first kappa shape index (κ1) is 9.05. The van der Waals surface area contributed by atoms with Crippen molar-refractivity contribution >= 4 is 11.5 Å². The van der Waals surface area contributed by atoms with E-state index in [0.29, 0.717) is 6.54 Å². The fraction of sp³-hybridized carbons (Fsp3) is 0.750. The Labute approximate surface area is 81.0 Å². The second kappa shape index (κ2) is 3.32. The summed E-state index contributed by atoms with van der Waals surface area (Å²) < 4.78 is 3.96. The number of nitrogens with two attached hydrogens (primary N) is 1. The first-order valence-electron chi connectivity index (χ1n) is 4.45. The van der Waals surface area contributed by atoms with Gasteiger partial charge < -0.3 is 10.8 Å². The van der Waals surface area contributed by atoms with Crippen molar-refractivity contribution in [2.75, 3.05) is 6.54 Å². The van der Waals surface area contributed by atoms with Gasteiger partial charge in [0, 0.05) is 6.54 Å². The van der Waals surface area contributed by atoms with Gasteiger partial charge in [0.25, 0.3) is 0 Å². The van der Waals surface area contributed by atoms with Crippen LogP contribution in [0.3, 0.4) is 0 Å². The number of nitrogens with zero attached hydrogens (tertiary/aromatic N) is 2. The maximum absolute atomic E-state index is 9.87. The van der Waals surface area contributed by atoms with Crippen LogP contribution in [-0.4, -0.2) is 27.1 Å². The molecule has 5 heteroatoms. The average Bonchev–Trinajstić information content (AvgIpc) is 2.73. The molecule has 1 saturated carbocycles. The predicted octanol–water partition coefficient (Wildman–Crippen LogP) is 0.279. The van der Waals surface area contributed by atoms with Crippen molar-refractivity contribution < 1.29 is 5.11 Å². The fourth-order valence-corrected chi connectivity index (χ4v) is 2.81. The molecule has 1 aromatic heterocycles. The van der Waals surface area contributed by atoms with E-state index in [1.165, 1.54) is 17.9 Å². The Hall–Kier alpha value is -0.520. The van der Waals surface area contributed by atoms with Crippen molar-refractivity contribution in [3.8, 4) is 0 Å². The molecule has 0 aliphatic heterocycles. The van der Waals surface area contributed by atoms with E-state index in [0.717, 1.165) is 24.3 Å². The number of hydrogen-bond acceptors (Lipinski definition) is 5. The van der Waals surface area contributed by atoms with Gasteiger partial charge in [0.05, 0.1) is 11.5 Å². The van der Waals surface area contributed by atoms with Crippen molar-refractivity contribution in [1.29, 1.82) is 0 Å². The summed E-state index contributed by atoms with van der Waals surface area (Å²) in [5, 5.41) is 10.8. The van der Waals surface area contributed by atoms with Crippen molar-refractivity contribution in [2.24, 2.45) is 5.73 Å². The molecule has 0 bridgehead atoms. The van der Waals surface area contributed by atoms with Crippen LogP contribution in [0.15, 0.2) is 6.33 Å². The van der Waals surface area contributed by atoms with E-state index in [-0.39, 0.29) is 11.5 Å². The van der Waals surface area contributed by atoms with Gasteiger partial charge >= 0.3 is 0 Å². The van der Waals surface area contributed by atoms with Crippen molar-refractivity contribution in [1.82, 2.24) is 9.36 Å². The second-order valence-electron chi connectivity index (χ2n) is 3.51. The van der Waals surface area contributed by atoms with Gasteiger partial charge in [0.15, 0.2) is 0 Å². The van der Waals surface area contributed by atoms with E-state index in [4.69, 9.17) is 5.73 Å². The molecule has 1 aliphatic rings. The van der Waals surface area contributed by atoms with Gasteiger partial charge in [-0.05, 0) is 30.8 Å². The first-order valence-corrected chi connectivity index (χ1v) is 5.22. The van der Waals surface area contributed by atoms with Gasteiger partial charge in [-0.3, -0.25) is 0 Å².